The first kappa shape index (κ1) is 3.81. The zero-order valence-corrected chi connectivity index (χ0v) is 3.35. The molecule has 0 aliphatic heterocycles. The molecule has 2 heteroatoms. The summed E-state index contributed by atoms with van der Waals surface area (Å²) in [6.45, 7) is 0. The van der Waals surface area contributed by atoms with E-state index in [1.165, 1.54) is 0 Å². The van der Waals surface area contributed by atoms with Crippen LogP contribution >= 0.6 is 0 Å². The van der Waals surface area contributed by atoms with Crippen LogP contribution < -0.4 is 0 Å². The second kappa shape index (κ2) is 1.05. The summed E-state index contributed by atoms with van der Waals surface area (Å²) in [5, 5.41) is 8.40. The Kier molecular flexibility index (Phi) is 0.665. The molecule has 1 aliphatic rings. The zero-order chi connectivity index (χ0) is 4.57. The normalized spacial score (nSPS) is 23.8. The summed E-state index contributed by atoms with van der Waals surface area (Å²) in [5.74, 6) is 0.183. The number of carbonyl (C=O) groups is 1. The number of Topliss-reactive ketones (excluding diaryl/α,β-unsaturated/α-hetero) is 1. The summed E-state index contributed by atoms with van der Waals surface area (Å²) in [6.07, 6.45) is 0.470. The molecular formula is C4H6O2. The average Bonchev–Trinajstić information content (AvgIpc) is 1.33. The third-order valence-electron chi connectivity index (χ3n) is 0.927. The van der Waals surface area contributed by atoms with Crippen LogP contribution in [0.1, 0.15) is 12.8 Å². The molecule has 2 nitrogen and oxygen atoms in total. The van der Waals surface area contributed by atoms with Crippen LogP contribution in [0.4, 0.5) is 0 Å². The molecule has 1 N–H and O–H groups in total. The van der Waals surface area contributed by atoms with Gasteiger partial charge in [0.15, 0.2) is 0 Å². The molecule has 0 aromatic heterocycles. The van der Waals surface area contributed by atoms with Gasteiger partial charge in [0.1, 0.15) is 5.78 Å². The topological polar surface area (TPSA) is 37.3 Å². The number of aliphatic hydroxyl groups excluding tert-OH is 1. The van der Waals surface area contributed by atoms with E-state index in [1.54, 1.807) is 0 Å². The molecule has 0 heterocycles. The lowest BCUT2D eigenvalue weighted by molar-refractivity contribution is -0.130. The summed E-state index contributed by atoms with van der Waals surface area (Å²) < 4.78 is 0. The molecule has 0 aromatic carbocycles. The van der Waals surface area contributed by atoms with E-state index in [0.717, 1.165) is 0 Å². The summed E-state index contributed by atoms with van der Waals surface area (Å²) in [4.78, 5) is 9.95. The van der Waals surface area contributed by atoms with Gasteiger partial charge in [0.05, 0.1) is 6.10 Å². The highest BCUT2D eigenvalue weighted by Gasteiger charge is 2.22. The van der Waals surface area contributed by atoms with Gasteiger partial charge >= 0.3 is 0 Å². The van der Waals surface area contributed by atoms with Gasteiger partial charge in [-0.25, -0.2) is 0 Å². The van der Waals surface area contributed by atoms with Crippen molar-refractivity contribution in [2.24, 2.45) is 0 Å². The fourth-order valence-corrected chi connectivity index (χ4v) is 0.466. The molecule has 1 rings (SSSR count). The van der Waals surface area contributed by atoms with Crippen molar-refractivity contribution >= 4 is 5.78 Å². The van der Waals surface area contributed by atoms with E-state index in [2.05, 4.69) is 0 Å². The van der Waals surface area contributed by atoms with Crippen molar-refractivity contribution in [3.63, 3.8) is 0 Å². The van der Waals surface area contributed by atoms with E-state index < -0.39 is 0 Å². The highest BCUT2D eigenvalue weighted by Crippen LogP contribution is 2.12. The van der Waals surface area contributed by atoms with Gasteiger partial charge in [0.2, 0.25) is 0 Å². The van der Waals surface area contributed by atoms with E-state index in [-0.39, 0.29) is 11.9 Å². The van der Waals surface area contributed by atoms with Crippen molar-refractivity contribution in [2.75, 3.05) is 0 Å². The minimum Gasteiger partial charge on any atom is -0.392 e. The monoisotopic (exact) mass is 86.0 g/mol. The first-order valence-corrected chi connectivity index (χ1v) is 1.99. The Balaban J connectivity index is 2.28. The largest absolute Gasteiger partial charge is 0.392 e. The maximum absolute atomic E-state index is 9.95. The highest BCUT2D eigenvalue weighted by atomic mass is 16.3. The fourth-order valence-electron chi connectivity index (χ4n) is 0.466. The van der Waals surface area contributed by atoms with Gasteiger partial charge in [0.25, 0.3) is 0 Å². The van der Waals surface area contributed by atoms with Crippen molar-refractivity contribution < 1.29 is 9.90 Å². The van der Waals surface area contributed by atoms with Crippen LogP contribution in [0.15, 0.2) is 0 Å². The SMILES string of the molecule is O=C1CC(O)C1. The summed E-state index contributed by atoms with van der Waals surface area (Å²) in [7, 11) is 0. The van der Waals surface area contributed by atoms with Gasteiger partial charge in [-0.1, -0.05) is 0 Å². The van der Waals surface area contributed by atoms with Crippen LogP contribution in [0.2, 0.25) is 0 Å². The lowest BCUT2D eigenvalue weighted by Gasteiger charge is -2.16. The number of ketones is 1. The molecule has 1 aliphatic carbocycles. The molecule has 0 saturated heterocycles. The minimum atomic E-state index is -0.308. The number of rotatable bonds is 0. The van der Waals surface area contributed by atoms with Crippen molar-refractivity contribution in [3.05, 3.63) is 0 Å². The number of hydrogen-bond donors (Lipinski definition) is 1. The fraction of sp³-hybridized carbons (Fsp3) is 0.750. The summed E-state index contributed by atoms with van der Waals surface area (Å²) in [6, 6.07) is 0. The number of hydrogen-bond acceptors (Lipinski definition) is 2. The molecule has 0 amide bonds. The molecular weight excluding hydrogens is 80.0 g/mol. The van der Waals surface area contributed by atoms with Gasteiger partial charge in [0, 0.05) is 12.8 Å². The lowest BCUT2D eigenvalue weighted by atomic mass is 9.95. The first-order chi connectivity index (χ1) is 2.79. The van der Waals surface area contributed by atoms with Gasteiger partial charge in [-0.3, -0.25) is 4.79 Å². The van der Waals surface area contributed by atoms with E-state index in [0.29, 0.717) is 12.8 Å². The van der Waals surface area contributed by atoms with Crippen molar-refractivity contribution in [1.29, 1.82) is 0 Å². The smallest absolute Gasteiger partial charge is 0.138 e. The Morgan fingerprint density at radius 1 is 1.67 bits per heavy atom. The van der Waals surface area contributed by atoms with E-state index in [9.17, 15) is 4.79 Å². The van der Waals surface area contributed by atoms with E-state index in [1.807, 2.05) is 0 Å². The van der Waals surface area contributed by atoms with Crippen LogP contribution in [0, 0.1) is 0 Å². The Labute approximate surface area is 35.8 Å². The Hall–Kier alpha value is -0.370. The Bertz CT molecular complexity index is 69.6. The maximum atomic E-state index is 9.95. The number of carbonyl (C=O) groups excluding carboxylic acids is 1. The van der Waals surface area contributed by atoms with E-state index in [4.69, 9.17) is 5.11 Å². The molecule has 6 heavy (non-hydrogen) atoms. The predicted octanol–water partition coefficient (Wildman–Crippen LogP) is -0.290. The van der Waals surface area contributed by atoms with Crippen molar-refractivity contribution in [1.82, 2.24) is 0 Å². The standard InChI is InChI=1S/C4H6O2/c5-3-1-4(6)2-3/h3,5H,1-2H2. The molecule has 1 fully saturated rings. The highest BCUT2D eigenvalue weighted by molar-refractivity contribution is 5.85. The van der Waals surface area contributed by atoms with Gasteiger partial charge < -0.3 is 5.11 Å². The van der Waals surface area contributed by atoms with E-state index >= 15 is 0 Å². The average molecular weight is 86.1 g/mol. The molecule has 0 spiro atoms. The van der Waals surface area contributed by atoms with Crippen molar-refractivity contribution in [2.45, 2.75) is 18.9 Å². The second-order valence-corrected chi connectivity index (χ2v) is 1.60. The van der Waals surface area contributed by atoms with Crippen LogP contribution in [0.3, 0.4) is 0 Å². The van der Waals surface area contributed by atoms with Gasteiger partial charge in [-0.05, 0) is 0 Å². The lowest BCUT2D eigenvalue weighted by Crippen LogP contribution is -2.27. The molecule has 0 unspecified atom stereocenters. The Morgan fingerprint density at radius 3 is 2.17 bits per heavy atom. The quantitative estimate of drug-likeness (QED) is 0.440. The van der Waals surface area contributed by atoms with Crippen LogP contribution in [0.5, 0.6) is 0 Å². The second-order valence-electron chi connectivity index (χ2n) is 1.60. The molecule has 0 atom stereocenters. The molecule has 0 bridgehead atoms. The first-order valence-electron chi connectivity index (χ1n) is 1.99. The van der Waals surface area contributed by atoms with Gasteiger partial charge in [-0.2, -0.15) is 0 Å². The summed E-state index contributed by atoms with van der Waals surface area (Å²) >= 11 is 0. The maximum Gasteiger partial charge on any atom is 0.138 e. The molecule has 0 aromatic rings. The zero-order valence-electron chi connectivity index (χ0n) is 3.35. The molecule has 1 saturated carbocycles. The van der Waals surface area contributed by atoms with Crippen LogP contribution in [-0.2, 0) is 4.79 Å². The molecule has 0 radical (unpaired) electrons. The third-order valence-corrected chi connectivity index (χ3v) is 0.927. The van der Waals surface area contributed by atoms with Crippen LogP contribution in [0.25, 0.3) is 0 Å². The number of aliphatic hydroxyl groups is 1. The Morgan fingerprint density at radius 2 is 2.17 bits per heavy atom. The third kappa shape index (κ3) is 0.431. The summed E-state index contributed by atoms with van der Waals surface area (Å²) in [5.41, 5.74) is 0. The van der Waals surface area contributed by atoms with Crippen LogP contribution in [-0.4, -0.2) is 17.0 Å². The predicted molar refractivity (Wildman–Crippen MR) is 20.2 cm³/mol. The molecule has 34 valence electrons. The van der Waals surface area contributed by atoms with Crippen molar-refractivity contribution in [3.8, 4) is 0 Å². The minimum absolute atomic E-state index is 0.183. The van der Waals surface area contributed by atoms with Gasteiger partial charge in [-0.15, -0.1) is 0 Å².